The number of hydrogen-bond donors (Lipinski definition) is 2. The van der Waals surface area contributed by atoms with Gasteiger partial charge < -0.3 is 14.9 Å². The Labute approximate surface area is 76.9 Å². The second-order valence-electron chi connectivity index (χ2n) is 3.51. The van der Waals surface area contributed by atoms with Gasteiger partial charge in [0.25, 0.3) is 0 Å². The molecule has 1 atom stereocenters. The van der Waals surface area contributed by atoms with E-state index < -0.39 is 0 Å². The summed E-state index contributed by atoms with van der Waals surface area (Å²) in [6, 6.07) is 1.83. The highest BCUT2D eigenvalue weighted by atomic mass is 16.5. The summed E-state index contributed by atoms with van der Waals surface area (Å²) in [4.78, 5) is 0. The quantitative estimate of drug-likeness (QED) is 0.706. The van der Waals surface area contributed by atoms with Crippen molar-refractivity contribution < 1.29 is 9.63 Å². The van der Waals surface area contributed by atoms with Crippen molar-refractivity contribution >= 4 is 0 Å². The van der Waals surface area contributed by atoms with Gasteiger partial charge in [-0.15, -0.1) is 0 Å². The molecule has 1 saturated heterocycles. The SMILES string of the molecule is OCc1cc(CC2CCNC2)on1. The zero-order valence-corrected chi connectivity index (χ0v) is 7.49. The highest BCUT2D eigenvalue weighted by Crippen LogP contribution is 2.15. The Balaban J connectivity index is 1.92. The van der Waals surface area contributed by atoms with E-state index in [4.69, 9.17) is 9.63 Å². The molecule has 0 bridgehead atoms. The maximum atomic E-state index is 8.78. The van der Waals surface area contributed by atoms with Crippen molar-refractivity contribution in [1.29, 1.82) is 0 Å². The van der Waals surface area contributed by atoms with Crippen LogP contribution < -0.4 is 5.32 Å². The van der Waals surface area contributed by atoms with Gasteiger partial charge in [0.1, 0.15) is 11.5 Å². The molecule has 1 aromatic heterocycles. The van der Waals surface area contributed by atoms with Crippen LogP contribution in [0, 0.1) is 5.92 Å². The Morgan fingerprint density at radius 1 is 1.69 bits per heavy atom. The van der Waals surface area contributed by atoms with Crippen molar-refractivity contribution in [1.82, 2.24) is 10.5 Å². The lowest BCUT2D eigenvalue weighted by Crippen LogP contribution is -2.10. The average molecular weight is 182 g/mol. The van der Waals surface area contributed by atoms with Crippen LogP contribution in [0.1, 0.15) is 17.9 Å². The fraction of sp³-hybridized carbons (Fsp3) is 0.667. The normalized spacial score (nSPS) is 22.4. The van der Waals surface area contributed by atoms with E-state index in [0.29, 0.717) is 11.6 Å². The lowest BCUT2D eigenvalue weighted by Gasteiger charge is -2.02. The number of nitrogens with one attached hydrogen (secondary N) is 1. The molecule has 0 saturated carbocycles. The average Bonchev–Trinajstić information content (AvgIpc) is 2.76. The molecule has 0 radical (unpaired) electrons. The fourth-order valence-corrected chi connectivity index (χ4v) is 1.70. The lowest BCUT2D eigenvalue weighted by atomic mass is 10.0. The zero-order valence-electron chi connectivity index (χ0n) is 7.49. The molecule has 72 valence electrons. The largest absolute Gasteiger partial charge is 0.390 e. The third-order valence-electron chi connectivity index (χ3n) is 2.42. The van der Waals surface area contributed by atoms with Gasteiger partial charge in [0.15, 0.2) is 0 Å². The molecule has 2 rings (SSSR count). The number of rotatable bonds is 3. The number of aliphatic hydroxyl groups is 1. The summed E-state index contributed by atoms with van der Waals surface area (Å²) in [7, 11) is 0. The molecule has 2 N–H and O–H groups in total. The van der Waals surface area contributed by atoms with E-state index >= 15 is 0 Å². The summed E-state index contributed by atoms with van der Waals surface area (Å²) in [6.45, 7) is 2.13. The van der Waals surface area contributed by atoms with Gasteiger partial charge in [0.05, 0.1) is 6.61 Å². The second-order valence-corrected chi connectivity index (χ2v) is 3.51. The van der Waals surface area contributed by atoms with Gasteiger partial charge >= 0.3 is 0 Å². The van der Waals surface area contributed by atoms with Crippen LogP contribution in [0.3, 0.4) is 0 Å². The summed E-state index contributed by atoms with van der Waals surface area (Å²) in [5.41, 5.74) is 0.626. The molecule has 0 aromatic carbocycles. The van der Waals surface area contributed by atoms with Crippen molar-refractivity contribution in [3.8, 4) is 0 Å². The van der Waals surface area contributed by atoms with E-state index in [-0.39, 0.29) is 6.61 Å². The molecule has 1 aliphatic heterocycles. The number of nitrogens with zero attached hydrogens (tertiary/aromatic N) is 1. The highest BCUT2D eigenvalue weighted by Gasteiger charge is 2.17. The molecule has 1 aliphatic rings. The molecule has 1 fully saturated rings. The Kier molecular flexibility index (Phi) is 2.61. The van der Waals surface area contributed by atoms with Gasteiger partial charge in [-0.05, 0) is 25.4 Å². The van der Waals surface area contributed by atoms with Crippen LogP contribution in [0.5, 0.6) is 0 Å². The molecular formula is C9H14N2O2. The Bertz CT molecular complexity index is 266. The van der Waals surface area contributed by atoms with E-state index in [1.54, 1.807) is 0 Å². The first kappa shape index (κ1) is 8.72. The van der Waals surface area contributed by atoms with E-state index in [1.165, 1.54) is 6.42 Å². The van der Waals surface area contributed by atoms with Gasteiger partial charge in [-0.1, -0.05) is 5.16 Å². The van der Waals surface area contributed by atoms with Crippen LogP contribution in [0.2, 0.25) is 0 Å². The van der Waals surface area contributed by atoms with Crippen LogP contribution in [-0.2, 0) is 13.0 Å². The smallest absolute Gasteiger partial charge is 0.137 e. The topological polar surface area (TPSA) is 58.3 Å². The first-order valence-electron chi connectivity index (χ1n) is 4.64. The van der Waals surface area contributed by atoms with Crippen LogP contribution in [-0.4, -0.2) is 23.4 Å². The van der Waals surface area contributed by atoms with E-state index in [1.807, 2.05) is 6.07 Å². The van der Waals surface area contributed by atoms with Gasteiger partial charge in [-0.3, -0.25) is 0 Å². The molecule has 0 spiro atoms. The summed E-state index contributed by atoms with van der Waals surface area (Å²) in [5.74, 6) is 1.55. The van der Waals surface area contributed by atoms with Crippen molar-refractivity contribution in [2.24, 2.45) is 5.92 Å². The molecule has 13 heavy (non-hydrogen) atoms. The number of aromatic nitrogens is 1. The van der Waals surface area contributed by atoms with E-state index in [9.17, 15) is 0 Å². The minimum Gasteiger partial charge on any atom is -0.390 e. The Hall–Kier alpha value is -0.870. The lowest BCUT2D eigenvalue weighted by molar-refractivity contribution is 0.264. The minimum absolute atomic E-state index is 0.0353. The van der Waals surface area contributed by atoms with Crippen LogP contribution >= 0.6 is 0 Å². The van der Waals surface area contributed by atoms with Crippen LogP contribution in [0.25, 0.3) is 0 Å². The molecule has 2 heterocycles. The van der Waals surface area contributed by atoms with Crippen LogP contribution in [0.15, 0.2) is 10.6 Å². The summed E-state index contributed by atoms with van der Waals surface area (Å²) >= 11 is 0. The first-order valence-corrected chi connectivity index (χ1v) is 4.64. The monoisotopic (exact) mass is 182 g/mol. The summed E-state index contributed by atoms with van der Waals surface area (Å²) in [5, 5.41) is 15.8. The maximum Gasteiger partial charge on any atom is 0.137 e. The summed E-state index contributed by atoms with van der Waals surface area (Å²) < 4.78 is 5.08. The Morgan fingerprint density at radius 2 is 2.62 bits per heavy atom. The molecular weight excluding hydrogens is 168 g/mol. The number of aliphatic hydroxyl groups excluding tert-OH is 1. The van der Waals surface area contributed by atoms with Gasteiger partial charge in [0.2, 0.25) is 0 Å². The van der Waals surface area contributed by atoms with Gasteiger partial charge in [-0.25, -0.2) is 0 Å². The van der Waals surface area contributed by atoms with Crippen molar-refractivity contribution in [3.63, 3.8) is 0 Å². The van der Waals surface area contributed by atoms with Crippen molar-refractivity contribution in [3.05, 3.63) is 17.5 Å². The molecule has 4 nitrogen and oxygen atoms in total. The van der Waals surface area contributed by atoms with Gasteiger partial charge in [0, 0.05) is 12.5 Å². The van der Waals surface area contributed by atoms with Crippen molar-refractivity contribution in [2.75, 3.05) is 13.1 Å². The molecule has 1 aromatic rings. The second kappa shape index (κ2) is 3.89. The van der Waals surface area contributed by atoms with E-state index in [0.717, 1.165) is 25.3 Å². The highest BCUT2D eigenvalue weighted by molar-refractivity contribution is 5.05. The zero-order chi connectivity index (χ0) is 9.10. The fourth-order valence-electron chi connectivity index (χ4n) is 1.70. The minimum atomic E-state index is -0.0353. The van der Waals surface area contributed by atoms with Crippen LogP contribution in [0.4, 0.5) is 0 Å². The third-order valence-corrected chi connectivity index (χ3v) is 2.42. The predicted octanol–water partition coefficient (Wildman–Crippen LogP) is 0.319. The summed E-state index contributed by atoms with van der Waals surface area (Å²) in [6.07, 6.45) is 2.13. The molecule has 0 aliphatic carbocycles. The molecule has 4 heteroatoms. The maximum absolute atomic E-state index is 8.78. The predicted molar refractivity (Wildman–Crippen MR) is 47.1 cm³/mol. The van der Waals surface area contributed by atoms with Crippen molar-refractivity contribution in [2.45, 2.75) is 19.4 Å². The van der Waals surface area contributed by atoms with Gasteiger partial charge in [-0.2, -0.15) is 0 Å². The number of hydrogen-bond acceptors (Lipinski definition) is 4. The first-order chi connectivity index (χ1) is 6.38. The standard InChI is InChI=1S/C9H14N2O2/c12-6-8-4-9(13-11-8)3-7-1-2-10-5-7/h4,7,10,12H,1-3,5-6H2. The third kappa shape index (κ3) is 2.08. The Morgan fingerprint density at radius 3 is 3.23 bits per heavy atom. The van der Waals surface area contributed by atoms with E-state index in [2.05, 4.69) is 10.5 Å². The molecule has 0 amide bonds. The molecule has 1 unspecified atom stereocenters.